The molecule has 132 valence electrons. The van der Waals surface area contributed by atoms with E-state index >= 15 is 0 Å². The average Bonchev–Trinajstić information content (AvgIpc) is 3.29. The molecule has 2 aromatic heterocycles. The Kier molecular flexibility index (Phi) is 4.84. The smallest absolute Gasteiger partial charge is 0.357 e. The van der Waals surface area contributed by atoms with Crippen LogP contribution in [0, 0.1) is 12.8 Å². The largest absolute Gasteiger partial charge is 0.467 e. The molecular weight excluding hydrogens is 346 g/mol. The maximum absolute atomic E-state index is 12.4. The fourth-order valence-corrected chi connectivity index (χ4v) is 3.44. The summed E-state index contributed by atoms with van der Waals surface area (Å²) < 4.78 is 9.88. The zero-order valence-electron chi connectivity index (χ0n) is 13.8. The Morgan fingerprint density at radius 3 is 3.00 bits per heavy atom. The van der Waals surface area contributed by atoms with Crippen molar-refractivity contribution in [1.82, 2.24) is 9.88 Å². The zero-order valence-corrected chi connectivity index (χ0v) is 14.6. The van der Waals surface area contributed by atoms with Gasteiger partial charge in [0.2, 0.25) is 11.8 Å². The van der Waals surface area contributed by atoms with E-state index < -0.39 is 11.9 Å². The molecule has 0 radical (unpaired) electrons. The molecule has 25 heavy (non-hydrogen) atoms. The number of hydrogen-bond donors (Lipinski definition) is 1. The van der Waals surface area contributed by atoms with Gasteiger partial charge in [-0.3, -0.25) is 9.59 Å². The number of nitrogens with zero attached hydrogens (tertiary/aromatic N) is 2. The van der Waals surface area contributed by atoms with Gasteiger partial charge in [0.15, 0.2) is 10.8 Å². The van der Waals surface area contributed by atoms with Gasteiger partial charge >= 0.3 is 5.97 Å². The Hall–Kier alpha value is -2.68. The van der Waals surface area contributed by atoms with E-state index in [0.29, 0.717) is 28.9 Å². The molecule has 8 nitrogen and oxygen atoms in total. The predicted molar refractivity (Wildman–Crippen MR) is 89.1 cm³/mol. The Morgan fingerprint density at radius 1 is 1.52 bits per heavy atom. The lowest BCUT2D eigenvalue weighted by atomic mass is 10.1. The molecule has 1 saturated heterocycles. The van der Waals surface area contributed by atoms with Gasteiger partial charge in [0.05, 0.1) is 25.8 Å². The number of methoxy groups -OCH3 is 1. The SMILES string of the molecule is COC(=O)c1nc(NC(=O)[C@H]2CC(=O)N(Cc3ccco3)C2)sc1C. The molecule has 1 aliphatic heterocycles. The minimum atomic E-state index is -0.546. The molecule has 3 rings (SSSR count). The third kappa shape index (κ3) is 3.71. The molecule has 9 heteroatoms. The van der Waals surface area contributed by atoms with Crippen LogP contribution in [0.3, 0.4) is 0 Å². The minimum absolute atomic E-state index is 0.0953. The van der Waals surface area contributed by atoms with Gasteiger partial charge < -0.3 is 19.4 Å². The maximum Gasteiger partial charge on any atom is 0.357 e. The topological polar surface area (TPSA) is 102 Å². The van der Waals surface area contributed by atoms with Crippen LogP contribution >= 0.6 is 11.3 Å². The standard InChI is InChI=1S/C16H17N3O5S/c1-9-13(15(22)23-2)17-16(25-9)18-14(21)10-6-12(20)19(7-10)8-11-4-3-5-24-11/h3-5,10H,6-8H2,1-2H3,(H,17,18,21)/t10-/m0/s1. The number of rotatable bonds is 5. The lowest BCUT2D eigenvalue weighted by Gasteiger charge is -2.14. The van der Waals surface area contributed by atoms with E-state index in [9.17, 15) is 14.4 Å². The number of carbonyl (C=O) groups is 3. The van der Waals surface area contributed by atoms with E-state index in [2.05, 4.69) is 15.0 Å². The number of amides is 2. The summed E-state index contributed by atoms with van der Waals surface area (Å²) in [6, 6.07) is 3.54. The van der Waals surface area contributed by atoms with Crippen LogP contribution in [0.15, 0.2) is 22.8 Å². The van der Waals surface area contributed by atoms with Crippen LogP contribution in [0.5, 0.6) is 0 Å². The fourth-order valence-electron chi connectivity index (χ4n) is 2.63. The number of hydrogen-bond acceptors (Lipinski definition) is 7. The third-order valence-electron chi connectivity index (χ3n) is 3.92. The van der Waals surface area contributed by atoms with Gasteiger partial charge in [0.1, 0.15) is 5.76 Å². The first kappa shape index (κ1) is 17.2. The summed E-state index contributed by atoms with van der Waals surface area (Å²) in [4.78, 5) is 42.4. The van der Waals surface area contributed by atoms with Crippen molar-refractivity contribution >= 4 is 34.3 Å². The zero-order chi connectivity index (χ0) is 18.0. The number of likely N-dealkylation sites (tertiary alicyclic amines) is 1. The van der Waals surface area contributed by atoms with Gasteiger partial charge in [-0.25, -0.2) is 9.78 Å². The van der Waals surface area contributed by atoms with Crippen molar-refractivity contribution in [2.24, 2.45) is 5.92 Å². The Labute approximate surface area is 147 Å². The molecule has 3 heterocycles. The lowest BCUT2D eigenvalue weighted by molar-refractivity contribution is -0.128. The predicted octanol–water partition coefficient (Wildman–Crippen LogP) is 1.82. The van der Waals surface area contributed by atoms with Crippen molar-refractivity contribution in [3.8, 4) is 0 Å². The highest BCUT2D eigenvalue weighted by Gasteiger charge is 2.35. The molecule has 0 spiro atoms. The van der Waals surface area contributed by atoms with Crippen LogP contribution < -0.4 is 5.32 Å². The summed E-state index contributed by atoms with van der Waals surface area (Å²) in [7, 11) is 1.27. The molecule has 0 aliphatic carbocycles. The molecule has 1 N–H and O–H groups in total. The number of ether oxygens (including phenoxy) is 1. The van der Waals surface area contributed by atoms with E-state index in [4.69, 9.17) is 4.42 Å². The van der Waals surface area contributed by atoms with Gasteiger partial charge in [-0.05, 0) is 19.1 Å². The summed E-state index contributed by atoms with van der Waals surface area (Å²) >= 11 is 1.19. The van der Waals surface area contributed by atoms with Crippen molar-refractivity contribution in [3.63, 3.8) is 0 Å². The van der Waals surface area contributed by atoms with E-state index in [1.54, 1.807) is 30.2 Å². The van der Waals surface area contributed by atoms with Crippen LogP contribution in [-0.4, -0.2) is 41.3 Å². The Morgan fingerprint density at radius 2 is 2.32 bits per heavy atom. The Balaban J connectivity index is 1.62. The second-order valence-electron chi connectivity index (χ2n) is 5.66. The van der Waals surface area contributed by atoms with Crippen molar-refractivity contribution in [2.45, 2.75) is 19.9 Å². The normalized spacial score (nSPS) is 17.0. The highest BCUT2D eigenvalue weighted by atomic mass is 32.1. The first-order chi connectivity index (χ1) is 12.0. The van der Waals surface area contributed by atoms with Crippen molar-refractivity contribution in [2.75, 3.05) is 19.0 Å². The summed E-state index contributed by atoms with van der Waals surface area (Å²) in [6.45, 7) is 2.39. The summed E-state index contributed by atoms with van der Waals surface area (Å²) in [5, 5.41) is 3.00. The summed E-state index contributed by atoms with van der Waals surface area (Å²) in [5.74, 6) is -0.724. The first-order valence-electron chi connectivity index (χ1n) is 7.64. The quantitative estimate of drug-likeness (QED) is 0.813. The number of esters is 1. The van der Waals surface area contributed by atoms with Gasteiger partial charge in [0, 0.05) is 17.8 Å². The summed E-state index contributed by atoms with van der Waals surface area (Å²) in [5.41, 5.74) is 0.185. The summed E-state index contributed by atoms with van der Waals surface area (Å²) in [6.07, 6.45) is 1.69. The molecule has 0 aromatic carbocycles. The number of aromatic nitrogens is 1. The van der Waals surface area contributed by atoms with E-state index in [1.165, 1.54) is 18.4 Å². The van der Waals surface area contributed by atoms with Gasteiger partial charge in [-0.2, -0.15) is 0 Å². The third-order valence-corrected chi connectivity index (χ3v) is 4.80. The van der Waals surface area contributed by atoms with Crippen LogP contribution in [0.1, 0.15) is 27.5 Å². The number of thiazole rings is 1. The molecule has 0 bridgehead atoms. The van der Waals surface area contributed by atoms with Gasteiger partial charge in [0.25, 0.3) is 0 Å². The van der Waals surface area contributed by atoms with Crippen LogP contribution in [0.25, 0.3) is 0 Å². The molecule has 1 fully saturated rings. The van der Waals surface area contributed by atoms with Crippen LogP contribution in [-0.2, 0) is 20.9 Å². The van der Waals surface area contributed by atoms with E-state index in [-0.39, 0.29) is 23.9 Å². The molecule has 0 saturated carbocycles. The Bertz CT molecular complexity index is 799. The molecule has 1 atom stereocenters. The monoisotopic (exact) mass is 363 g/mol. The van der Waals surface area contributed by atoms with Crippen LogP contribution in [0.2, 0.25) is 0 Å². The number of anilines is 1. The fraction of sp³-hybridized carbons (Fsp3) is 0.375. The molecular formula is C16H17N3O5S. The van der Waals surface area contributed by atoms with Crippen molar-refractivity contribution in [1.29, 1.82) is 0 Å². The molecule has 2 aromatic rings. The first-order valence-corrected chi connectivity index (χ1v) is 8.46. The number of aryl methyl sites for hydroxylation is 1. The molecule has 0 unspecified atom stereocenters. The highest BCUT2D eigenvalue weighted by Crippen LogP contribution is 2.26. The minimum Gasteiger partial charge on any atom is -0.467 e. The highest BCUT2D eigenvalue weighted by molar-refractivity contribution is 7.16. The van der Waals surface area contributed by atoms with Gasteiger partial charge in [-0.15, -0.1) is 11.3 Å². The second kappa shape index (κ2) is 7.06. The number of nitrogens with one attached hydrogen (secondary N) is 1. The van der Waals surface area contributed by atoms with Crippen molar-refractivity contribution in [3.05, 3.63) is 34.7 Å². The molecule has 2 amide bonds. The van der Waals surface area contributed by atoms with E-state index in [0.717, 1.165) is 0 Å². The van der Waals surface area contributed by atoms with Crippen molar-refractivity contribution < 1.29 is 23.5 Å². The average molecular weight is 363 g/mol. The van der Waals surface area contributed by atoms with Crippen LogP contribution in [0.4, 0.5) is 5.13 Å². The molecule has 1 aliphatic rings. The second-order valence-corrected chi connectivity index (χ2v) is 6.86. The number of carbonyl (C=O) groups excluding carboxylic acids is 3. The van der Waals surface area contributed by atoms with Gasteiger partial charge in [-0.1, -0.05) is 0 Å². The van der Waals surface area contributed by atoms with E-state index in [1.807, 2.05) is 0 Å². The number of furan rings is 1. The lowest BCUT2D eigenvalue weighted by Crippen LogP contribution is -2.27. The maximum atomic E-state index is 12.4.